The first kappa shape index (κ1) is 14.6. The fraction of sp³-hybridized carbons (Fsp3) is 0.467. The molecule has 2 amide bonds. The van der Waals surface area contributed by atoms with Crippen molar-refractivity contribution in [3.63, 3.8) is 0 Å². The van der Waals surface area contributed by atoms with E-state index < -0.39 is 11.9 Å². The first-order chi connectivity index (χ1) is 10.5. The van der Waals surface area contributed by atoms with Crippen LogP contribution in [-0.4, -0.2) is 30.7 Å². The second-order valence-electron chi connectivity index (χ2n) is 5.70. The molecule has 0 saturated carbocycles. The van der Waals surface area contributed by atoms with Crippen molar-refractivity contribution >= 4 is 11.8 Å². The van der Waals surface area contributed by atoms with E-state index >= 15 is 0 Å². The molecule has 2 aliphatic rings. The van der Waals surface area contributed by atoms with Crippen LogP contribution in [0.1, 0.15) is 24.0 Å². The van der Waals surface area contributed by atoms with Gasteiger partial charge in [-0.15, -0.1) is 0 Å². The van der Waals surface area contributed by atoms with Gasteiger partial charge in [-0.25, -0.2) is 0 Å². The molecule has 1 aromatic carbocycles. The highest BCUT2D eigenvalue weighted by molar-refractivity contribution is 5.83. The molecule has 22 heavy (non-hydrogen) atoms. The van der Waals surface area contributed by atoms with E-state index in [0.29, 0.717) is 0 Å². The number of carbonyl (C=O) groups excluding carboxylic acids is 2. The minimum atomic E-state index is -0.715. The van der Waals surface area contributed by atoms with Gasteiger partial charge in [0, 0.05) is 12.5 Å². The van der Waals surface area contributed by atoms with Crippen LogP contribution in [0.5, 0.6) is 11.5 Å². The quantitative estimate of drug-likeness (QED) is 0.684. The summed E-state index contributed by atoms with van der Waals surface area (Å²) in [6.07, 6.45) is 1.85. The number of nitrogens with one attached hydrogen (secondary N) is 1. The molecule has 1 aliphatic heterocycles. The Morgan fingerprint density at radius 2 is 1.82 bits per heavy atom. The lowest BCUT2D eigenvalue weighted by Gasteiger charge is -2.16. The molecule has 1 unspecified atom stereocenters. The summed E-state index contributed by atoms with van der Waals surface area (Å²) < 4.78 is 10.7. The lowest BCUT2D eigenvalue weighted by atomic mass is 10.1. The van der Waals surface area contributed by atoms with Gasteiger partial charge in [0.15, 0.2) is 11.5 Å². The first-order valence-corrected chi connectivity index (χ1v) is 7.28. The van der Waals surface area contributed by atoms with E-state index in [1.807, 2.05) is 12.1 Å². The SMILES string of the molecule is NC(=O)CCC(N)C(=O)NC1Cc2cc3c(cc2C1)OCO3. The van der Waals surface area contributed by atoms with E-state index in [2.05, 4.69) is 5.32 Å². The maximum absolute atomic E-state index is 12.0. The Labute approximate surface area is 127 Å². The highest BCUT2D eigenvalue weighted by Crippen LogP contribution is 2.37. The summed E-state index contributed by atoms with van der Waals surface area (Å²) >= 11 is 0. The molecule has 0 spiro atoms. The molecule has 1 heterocycles. The Morgan fingerprint density at radius 1 is 1.23 bits per heavy atom. The molecule has 1 atom stereocenters. The molecule has 7 heteroatoms. The molecular formula is C15H19N3O4. The van der Waals surface area contributed by atoms with E-state index in [1.165, 1.54) is 0 Å². The van der Waals surface area contributed by atoms with Crippen molar-refractivity contribution in [2.75, 3.05) is 6.79 Å². The Kier molecular flexibility index (Phi) is 3.89. The van der Waals surface area contributed by atoms with Gasteiger partial charge in [0.25, 0.3) is 0 Å². The van der Waals surface area contributed by atoms with E-state index in [4.69, 9.17) is 20.9 Å². The van der Waals surface area contributed by atoms with Gasteiger partial charge in [-0.1, -0.05) is 0 Å². The minimum absolute atomic E-state index is 0.00431. The number of ether oxygens (including phenoxy) is 2. The van der Waals surface area contributed by atoms with Gasteiger partial charge in [-0.3, -0.25) is 9.59 Å². The van der Waals surface area contributed by atoms with Crippen LogP contribution >= 0.6 is 0 Å². The summed E-state index contributed by atoms with van der Waals surface area (Å²) in [7, 11) is 0. The molecular weight excluding hydrogens is 286 g/mol. The summed E-state index contributed by atoms with van der Waals surface area (Å²) in [4.78, 5) is 22.8. The van der Waals surface area contributed by atoms with Crippen molar-refractivity contribution < 1.29 is 19.1 Å². The Morgan fingerprint density at radius 3 is 2.36 bits per heavy atom. The van der Waals surface area contributed by atoms with Gasteiger partial charge in [0.1, 0.15) is 0 Å². The number of hydrogen-bond acceptors (Lipinski definition) is 5. The predicted molar refractivity (Wildman–Crippen MR) is 78.3 cm³/mol. The number of nitrogens with two attached hydrogens (primary N) is 2. The lowest BCUT2D eigenvalue weighted by Crippen LogP contribution is -2.46. The Balaban J connectivity index is 1.57. The zero-order chi connectivity index (χ0) is 15.7. The van der Waals surface area contributed by atoms with Gasteiger partial charge >= 0.3 is 0 Å². The molecule has 7 nitrogen and oxygen atoms in total. The highest BCUT2D eigenvalue weighted by Gasteiger charge is 2.28. The van der Waals surface area contributed by atoms with Crippen LogP contribution in [-0.2, 0) is 22.4 Å². The molecule has 1 aliphatic carbocycles. The average Bonchev–Trinajstić information content (AvgIpc) is 3.06. The molecule has 1 aromatic rings. The molecule has 0 bridgehead atoms. The van der Waals surface area contributed by atoms with Gasteiger partial charge in [0.05, 0.1) is 6.04 Å². The van der Waals surface area contributed by atoms with Crippen LogP contribution in [0.4, 0.5) is 0 Å². The van der Waals surface area contributed by atoms with Crippen molar-refractivity contribution in [2.24, 2.45) is 11.5 Å². The smallest absolute Gasteiger partial charge is 0.237 e. The summed E-state index contributed by atoms with van der Waals surface area (Å²) in [6, 6.07) is 3.23. The molecule has 118 valence electrons. The Bertz CT molecular complexity index is 584. The Hall–Kier alpha value is -2.28. The topological polar surface area (TPSA) is 117 Å². The van der Waals surface area contributed by atoms with Crippen molar-refractivity contribution in [2.45, 2.75) is 37.8 Å². The second-order valence-corrected chi connectivity index (χ2v) is 5.70. The van der Waals surface area contributed by atoms with Gasteiger partial charge in [0.2, 0.25) is 18.6 Å². The number of carbonyl (C=O) groups is 2. The lowest BCUT2D eigenvalue weighted by molar-refractivity contribution is -0.123. The molecule has 5 N–H and O–H groups in total. The molecule has 0 fully saturated rings. The molecule has 3 rings (SSSR count). The average molecular weight is 305 g/mol. The van der Waals surface area contributed by atoms with Crippen LogP contribution in [0.25, 0.3) is 0 Å². The molecule has 0 aromatic heterocycles. The minimum Gasteiger partial charge on any atom is -0.454 e. The third-order valence-electron chi connectivity index (χ3n) is 4.01. The zero-order valence-electron chi connectivity index (χ0n) is 12.1. The summed E-state index contributed by atoms with van der Waals surface area (Å²) in [5.41, 5.74) is 13.1. The fourth-order valence-corrected chi connectivity index (χ4v) is 2.85. The standard InChI is InChI=1S/C15H19N3O4/c16-11(1-2-14(17)19)15(20)18-10-3-8-5-12-13(22-7-21-12)6-9(8)4-10/h5-6,10-11H,1-4,7,16H2,(H2,17,19)(H,18,20). The summed E-state index contributed by atoms with van der Waals surface area (Å²) in [6.45, 7) is 0.257. The number of primary amides is 1. The van der Waals surface area contributed by atoms with E-state index in [0.717, 1.165) is 35.5 Å². The largest absolute Gasteiger partial charge is 0.454 e. The second kappa shape index (κ2) is 5.84. The monoisotopic (exact) mass is 305 g/mol. The third-order valence-corrected chi connectivity index (χ3v) is 4.01. The van der Waals surface area contributed by atoms with Crippen molar-refractivity contribution in [3.8, 4) is 11.5 Å². The summed E-state index contributed by atoms with van der Waals surface area (Å²) in [5.74, 6) is 0.804. The number of hydrogen-bond donors (Lipinski definition) is 3. The van der Waals surface area contributed by atoms with Crippen molar-refractivity contribution in [1.29, 1.82) is 0 Å². The normalized spacial score (nSPS) is 17.1. The van der Waals surface area contributed by atoms with E-state index in [-0.39, 0.29) is 31.6 Å². The highest BCUT2D eigenvalue weighted by atomic mass is 16.7. The number of fused-ring (bicyclic) bond motifs is 2. The van der Waals surface area contributed by atoms with Crippen LogP contribution in [0, 0.1) is 0 Å². The van der Waals surface area contributed by atoms with E-state index in [1.54, 1.807) is 0 Å². The molecule has 0 radical (unpaired) electrons. The van der Waals surface area contributed by atoms with Crippen LogP contribution in [0.3, 0.4) is 0 Å². The van der Waals surface area contributed by atoms with Crippen LogP contribution in [0.2, 0.25) is 0 Å². The first-order valence-electron chi connectivity index (χ1n) is 7.28. The molecule has 0 saturated heterocycles. The van der Waals surface area contributed by atoms with E-state index in [9.17, 15) is 9.59 Å². The fourth-order valence-electron chi connectivity index (χ4n) is 2.85. The number of benzene rings is 1. The maximum atomic E-state index is 12.0. The van der Waals surface area contributed by atoms with Crippen LogP contribution < -0.4 is 26.3 Å². The predicted octanol–water partition coefficient (Wildman–Crippen LogP) is -0.408. The number of rotatable bonds is 5. The maximum Gasteiger partial charge on any atom is 0.237 e. The van der Waals surface area contributed by atoms with Gasteiger partial charge < -0.3 is 26.3 Å². The van der Waals surface area contributed by atoms with Gasteiger partial charge in [-0.05, 0) is 42.5 Å². The summed E-state index contributed by atoms with van der Waals surface area (Å²) in [5, 5.41) is 2.93. The van der Waals surface area contributed by atoms with Gasteiger partial charge in [-0.2, -0.15) is 0 Å². The number of amides is 2. The van der Waals surface area contributed by atoms with Crippen molar-refractivity contribution in [3.05, 3.63) is 23.3 Å². The van der Waals surface area contributed by atoms with Crippen LogP contribution in [0.15, 0.2) is 12.1 Å². The third kappa shape index (κ3) is 2.99. The zero-order valence-corrected chi connectivity index (χ0v) is 12.1. The van der Waals surface area contributed by atoms with Crippen molar-refractivity contribution in [1.82, 2.24) is 5.32 Å².